The Morgan fingerprint density at radius 3 is 2.10 bits per heavy atom. The summed E-state index contributed by atoms with van der Waals surface area (Å²) in [5, 5.41) is 4.34. The molecule has 5 rings (SSSR count). The number of nitrogens with zero attached hydrogens (tertiary/aromatic N) is 3. The molecule has 2 heterocycles. The molecule has 0 unspecified atom stereocenters. The Morgan fingerprint density at radius 1 is 0.800 bits per heavy atom. The molecule has 30 heavy (non-hydrogen) atoms. The summed E-state index contributed by atoms with van der Waals surface area (Å²) in [6.07, 6.45) is 3.85. The zero-order valence-electron chi connectivity index (χ0n) is 16.5. The van der Waals surface area contributed by atoms with Gasteiger partial charge in [-0.3, -0.25) is 0 Å². The monoisotopic (exact) mass is 408 g/mol. The molecule has 0 aliphatic heterocycles. The molecule has 5 heteroatoms. The Bertz CT molecular complexity index is 1200. The van der Waals surface area contributed by atoms with Crippen molar-refractivity contribution in [2.24, 2.45) is 0 Å². The number of thiazole rings is 1. The van der Waals surface area contributed by atoms with Gasteiger partial charge in [-0.2, -0.15) is 0 Å². The molecule has 0 spiro atoms. The summed E-state index contributed by atoms with van der Waals surface area (Å²) in [4.78, 5) is 10.4. The lowest BCUT2D eigenvalue weighted by molar-refractivity contribution is 1.06. The molecule has 0 saturated carbocycles. The van der Waals surface area contributed by atoms with Crippen LogP contribution in [0.25, 0.3) is 27.4 Å². The van der Waals surface area contributed by atoms with E-state index in [0.29, 0.717) is 0 Å². The lowest BCUT2D eigenvalue weighted by atomic mass is 10.1. The van der Waals surface area contributed by atoms with Crippen molar-refractivity contribution in [1.82, 2.24) is 14.5 Å². The molecule has 0 fully saturated rings. The Kier molecular flexibility index (Phi) is 4.87. The third-order valence-electron chi connectivity index (χ3n) is 4.84. The van der Waals surface area contributed by atoms with Crippen LogP contribution in [0.2, 0.25) is 0 Å². The van der Waals surface area contributed by atoms with Gasteiger partial charge in [0, 0.05) is 23.1 Å². The summed E-state index contributed by atoms with van der Waals surface area (Å²) in [6.45, 7) is 1.99. The second-order valence-electron chi connectivity index (χ2n) is 7.02. The number of hydrogen-bond acceptors (Lipinski definition) is 4. The van der Waals surface area contributed by atoms with Gasteiger partial charge in [0.2, 0.25) is 0 Å². The zero-order chi connectivity index (χ0) is 20.3. The average molecular weight is 409 g/mol. The molecule has 0 aliphatic carbocycles. The molecule has 2 aromatic heterocycles. The SMILES string of the molecule is Cc1cn(-c2ccc(Nc3nc(-c4ccccc4)c(-c4ccccc4)s3)cc2)cn1. The standard InChI is InChI=1S/C25H20N4S/c1-18-16-29(17-26-18)22-14-12-21(13-15-22)27-25-28-23(19-8-4-2-5-9-19)24(30-25)20-10-6-3-7-11-20/h2-17H,1H3,(H,27,28). The first-order chi connectivity index (χ1) is 14.8. The summed E-state index contributed by atoms with van der Waals surface area (Å²) in [5.74, 6) is 0. The number of benzene rings is 3. The van der Waals surface area contributed by atoms with Gasteiger partial charge in [-0.05, 0) is 36.8 Å². The molecule has 1 N–H and O–H groups in total. The number of imidazole rings is 1. The van der Waals surface area contributed by atoms with Gasteiger partial charge >= 0.3 is 0 Å². The van der Waals surface area contributed by atoms with Gasteiger partial charge in [-0.25, -0.2) is 9.97 Å². The van der Waals surface area contributed by atoms with Crippen LogP contribution in [0.1, 0.15) is 5.69 Å². The topological polar surface area (TPSA) is 42.7 Å². The maximum atomic E-state index is 4.93. The number of anilines is 2. The van der Waals surface area contributed by atoms with Crippen molar-refractivity contribution in [3.8, 4) is 27.4 Å². The van der Waals surface area contributed by atoms with E-state index in [1.807, 2.05) is 48.3 Å². The molecule has 3 aromatic carbocycles. The van der Waals surface area contributed by atoms with Crippen LogP contribution < -0.4 is 5.32 Å². The third kappa shape index (κ3) is 3.75. The maximum absolute atomic E-state index is 4.93. The van der Waals surface area contributed by atoms with Crippen molar-refractivity contribution in [1.29, 1.82) is 0 Å². The quantitative estimate of drug-likeness (QED) is 0.351. The Hall–Kier alpha value is -3.70. The van der Waals surface area contributed by atoms with E-state index in [2.05, 4.69) is 71.0 Å². The van der Waals surface area contributed by atoms with Crippen LogP contribution in [0.5, 0.6) is 0 Å². The highest BCUT2D eigenvalue weighted by molar-refractivity contribution is 7.19. The lowest BCUT2D eigenvalue weighted by Gasteiger charge is -2.05. The largest absolute Gasteiger partial charge is 0.332 e. The highest BCUT2D eigenvalue weighted by Crippen LogP contribution is 2.39. The van der Waals surface area contributed by atoms with Crippen LogP contribution in [-0.2, 0) is 0 Å². The minimum atomic E-state index is 0.874. The van der Waals surface area contributed by atoms with E-state index in [4.69, 9.17) is 4.98 Å². The van der Waals surface area contributed by atoms with Crippen molar-refractivity contribution in [2.75, 3.05) is 5.32 Å². The van der Waals surface area contributed by atoms with Crippen molar-refractivity contribution in [3.63, 3.8) is 0 Å². The third-order valence-corrected chi connectivity index (χ3v) is 5.86. The normalized spacial score (nSPS) is 10.8. The van der Waals surface area contributed by atoms with E-state index in [9.17, 15) is 0 Å². The van der Waals surface area contributed by atoms with E-state index in [0.717, 1.165) is 38.3 Å². The summed E-state index contributed by atoms with van der Waals surface area (Å²) in [7, 11) is 0. The van der Waals surface area contributed by atoms with Gasteiger partial charge in [0.1, 0.15) is 0 Å². The smallest absolute Gasteiger partial charge is 0.188 e. The van der Waals surface area contributed by atoms with Gasteiger partial charge in [0.25, 0.3) is 0 Å². The second kappa shape index (κ2) is 7.97. The number of nitrogens with one attached hydrogen (secondary N) is 1. The van der Waals surface area contributed by atoms with Crippen molar-refractivity contribution in [2.45, 2.75) is 6.92 Å². The van der Waals surface area contributed by atoms with E-state index >= 15 is 0 Å². The van der Waals surface area contributed by atoms with Crippen LogP contribution in [0, 0.1) is 6.92 Å². The van der Waals surface area contributed by atoms with E-state index < -0.39 is 0 Å². The van der Waals surface area contributed by atoms with E-state index in [-0.39, 0.29) is 0 Å². The first kappa shape index (κ1) is 18.3. The van der Waals surface area contributed by atoms with E-state index in [1.165, 1.54) is 5.56 Å². The fourth-order valence-electron chi connectivity index (χ4n) is 3.35. The number of hydrogen-bond donors (Lipinski definition) is 1. The first-order valence-corrected chi connectivity index (χ1v) is 10.6. The van der Waals surface area contributed by atoms with Gasteiger partial charge in [0.05, 0.1) is 22.6 Å². The molecular weight excluding hydrogens is 388 g/mol. The minimum Gasteiger partial charge on any atom is -0.332 e. The molecule has 0 amide bonds. The van der Waals surface area contributed by atoms with Crippen LogP contribution in [-0.4, -0.2) is 14.5 Å². The molecule has 0 saturated heterocycles. The van der Waals surface area contributed by atoms with Crippen LogP contribution in [0.15, 0.2) is 97.5 Å². The molecule has 5 aromatic rings. The summed E-state index contributed by atoms with van der Waals surface area (Å²) >= 11 is 1.67. The molecule has 4 nitrogen and oxygen atoms in total. The fraction of sp³-hybridized carbons (Fsp3) is 0.0400. The van der Waals surface area contributed by atoms with Crippen molar-refractivity contribution < 1.29 is 0 Å². The molecule has 0 atom stereocenters. The molecular formula is C25H20N4S. The van der Waals surface area contributed by atoms with E-state index in [1.54, 1.807) is 11.3 Å². The summed E-state index contributed by atoms with van der Waals surface area (Å²) < 4.78 is 2.02. The van der Waals surface area contributed by atoms with Crippen molar-refractivity contribution >= 4 is 22.2 Å². The lowest BCUT2D eigenvalue weighted by Crippen LogP contribution is -1.92. The zero-order valence-corrected chi connectivity index (χ0v) is 17.3. The predicted octanol–water partition coefficient (Wildman–Crippen LogP) is 6.71. The predicted molar refractivity (Wildman–Crippen MR) is 125 cm³/mol. The second-order valence-corrected chi connectivity index (χ2v) is 8.02. The van der Waals surface area contributed by atoms with Crippen LogP contribution >= 0.6 is 11.3 Å². The minimum absolute atomic E-state index is 0.874. The van der Waals surface area contributed by atoms with Crippen molar-refractivity contribution in [3.05, 3.63) is 103 Å². The summed E-state index contributed by atoms with van der Waals surface area (Å²) in [6, 6.07) is 29.0. The van der Waals surface area contributed by atoms with Crippen LogP contribution in [0.4, 0.5) is 10.8 Å². The molecule has 0 aliphatic rings. The number of rotatable bonds is 5. The van der Waals surface area contributed by atoms with Gasteiger partial charge < -0.3 is 9.88 Å². The molecule has 146 valence electrons. The van der Waals surface area contributed by atoms with Gasteiger partial charge in [-0.15, -0.1) is 0 Å². The molecule has 0 bridgehead atoms. The number of aromatic nitrogens is 3. The maximum Gasteiger partial charge on any atom is 0.188 e. The highest BCUT2D eigenvalue weighted by Gasteiger charge is 2.15. The van der Waals surface area contributed by atoms with Gasteiger partial charge in [-0.1, -0.05) is 72.0 Å². The number of aryl methyl sites for hydroxylation is 1. The average Bonchev–Trinajstić information content (AvgIpc) is 3.42. The Labute approximate surface area is 179 Å². The summed E-state index contributed by atoms with van der Waals surface area (Å²) in [5.41, 5.74) is 6.37. The fourth-order valence-corrected chi connectivity index (χ4v) is 4.37. The highest BCUT2D eigenvalue weighted by atomic mass is 32.1. The Morgan fingerprint density at radius 2 is 1.47 bits per heavy atom. The van der Waals surface area contributed by atoms with Crippen LogP contribution in [0.3, 0.4) is 0 Å². The van der Waals surface area contributed by atoms with Gasteiger partial charge in [0.15, 0.2) is 5.13 Å². The Balaban J connectivity index is 1.47. The first-order valence-electron chi connectivity index (χ1n) is 9.76. The molecule has 0 radical (unpaired) electrons.